The van der Waals surface area contributed by atoms with E-state index in [2.05, 4.69) is 32.6 Å². The SMILES string of the molecule is C=[C]c1cc(C#N)cc(C(C)C)c1. The number of nitriles is 1. The first-order chi connectivity index (χ1) is 6.17. The molecule has 0 amide bonds. The standard InChI is InChI=1S/C12H12N/c1-4-10-5-11(8-13)7-12(6-10)9(2)3/h5-7,9H,1H2,2-3H3. The zero-order valence-electron chi connectivity index (χ0n) is 7.96. The van der Waals surface area contributed by atoms with Gasteiger partial charge in [-0.25, -0.2) is 0 Å². The summed E-state index contributed by atoms with van der Waals surface area (Å²) in [6.07, 6.45) is 2.80. The average Bonchev–Trinajstić information content (AvgIpc) is 2.16. The summed E-state index contributed by atoms with van der Waals surface area (Å²) in [6, 6.07) is 7.84. The van der Waals surface area contributed by atoms with E-state index in [1.165, 1.54) is 0 Å². The maximum absolute atomic E-state index is 8.77. The lowest BCUT2D eigenvalue weighted by atomic mass is 9.98. The van der Waals surface area contributed by atoms with Crippen LogP contribution < -0.4 is 0 Å². The lowest BCUT2D eigenvalue weighted by Crippen LogP contribution is -1.90. The van der Waals surface area contributed by atoms with Crippen molar-refractivity contribution in [3.05, 3.63) is 47.5 Å². The van der Waals surface area contributed by atoms with Crippen molar-refractivity contribution >= 4 is 0 Å². The van der Waals surface area contributed by atoms with Gasteiger partial charge in [0.1, 0.15) is 0 Å². The molecule has 0 aliphatic rings. The first-order valence-electron chi connectivity index (χ1n) is 4.25. The molecule has 1 radical (unpaired) electrons. The third kappa shape index (κ3) is 2.19. The van der Waals surface area contributed by atoms with Crippen molar-refractivity contribution in [1.82, 2.24) is 0 Å². The highest BCUT2D eigenvalue weighted by molar-refractivity contribution is 5.40. The van der Waals surface area contributed by atoms with Crippen molar-refractivity contribution < 1.29 is 0 Å². The third-order valence-corrected chi connectivity index (χ3v) is 1.96. The number of nitrogens with zero attached hydrogens (tertiary/aromatic N) is 1. The normalized spacial score (nSPS) is 9.69. The fourth-order valence-corrected chi connectivity index (χ4v) is 1.15. The van der Waals surface area contributed by atoms with Gasteiger partial charge in [-0.05, 0) is 35.3 Å². The zero-order chi connectivity index (χ0) is 9.84. The van der Waals surface area contributed by atoms with Crippen molar-refractivity contribution in [1.29, 1.82) is 5.26 Å². The second-order valence-electron chi connectivity index (χ2n) is 3.29. The van der Waals surface area contributed by atoms with Gasteiger partial charge in [-0.3, -0.25) is 0 Å². The molecule has 0 spiro atoms. The first kappa shape index (κ1) is 9.54. The third-order valence-electron chi connectivity index (χ3n) is 1.96. The van der Waals surface area contributed by atoms with Crippen LogP contribution in [0.3, 0.4) is 0 Å². The Hall–Kier alpha value is -1.55. The average molecular weight is 170 g/mol. The molecule has 0 saturated heterocycles. The summed E-state index contributed by atoms with van der Waals surface area (Å²) in [6.45, 7) is 7.77. The molecule has 0 unspecified atom stereocenters. The minimum Gasteiger partial charge on any atom is -0.192 e. The molecular formula is C12H12N. The lowest BCUT2D eigenvalue weighted by Gasteiger charge is -2.06. The van der Waals surface area contributed by atoms with E-state index in [4.69, 9.17) is 5.26 Å². The molecule has 1 heteroatoms. The van der Waals surface area contributed by atoms with Crippen LogP contribution in [0.5, 0.6) is 0 Å². The van der Waals surface area contributed by atoms with Crippen LogP contribution in [0.15, 0.2) is 24.8 Å². The van der Waals surface area contributed by atoms with Gasteiger partial charge in [0, 0.05) is 0 Å². The monoisotopic (exact) mass is 170 g/mol. The van der Waals surface area contributed by atoms with Crippen LogP contribution in [0.2, 0.25) is 0 Å². The molecule has 65 valence electrons. The molecule has 0 aromatic heterocycles. The van der Waals surface area contributed by atoms with Crippen LogP contribution in [0, 0.1) is 17.4 Å². The van der Waals surface area contributed by atoms with Crippen LogP contribution in [0.1, 0.15) is 36.5 Å². The maximum atomic E-state index is 8.77. The molecule has 1 aromatic carbocycles. The number of benzene rings is 1. The summed E-state index contributed by atoms with van der Waals surface area (Å²) in [5.41, 5.74) is 2.73. The molecule has 0 N–H and O–H groups in total. The fraction of sp³-hybridized carbons (Fsp3) is 0.250. The van der Waals surface area contributed by atoms with Crippen molar-refractivity contribution in [2.75, 3.05) is 0 Å². The summed E-state index contributed by atoms with van der Waals surface area (Å²) in [5, 5.41) is 8.77. The largest absolute Gasteiger partial charge is 0.192 e. The van der Waals surface area contributed by atoms with Gasteiger partial charge >= 0.3 is 0 Å². The Labute approximate surface area is 79.3 Å². The Bertz CT molecular complexity index is 356. The number of hydrogen-bond acceptors (Lipinski definition) is 1. The molecule has 13 heavy (non-hydrogen) atoms. The molecule has 1 rings (SSSR count). The minimum atomic E-state index is 0.431. The van der Waals surface area contributed by atoms with E-state index in [9.17, 15) is 0 Å². The van der Waals surface area contributed by atoms with Gasteiger partial charge in [0.2, 0.25) is 0 Å². The smallest absolute Gasteiger partial charge is 0.0991 e. The molecule has 0 heterocycles. The molecule has 1 nitrogen and oxygen atoms in total. The minimum absolute atomic E-state index is 0.431. The Morgan fingerprint density at radius 2 is 1.85 bits per heavy atom. The van der Waals surface area contributed by atoms with Gasteiger partial charge in [0.15, 0.2) is 0 Å². The van der Waals surface area contributed by atoms with E-state index in [-0.39, 0.29) is 0 Å². The van der Waals surface area contributed by atoms with E-state index >= 15 is 0 Å². The fourth-order valence-electron chi connectivity index (χ4n) is 1.15. The second kappa shape index (κ2) is 3.91. The molecule has 0 aliphatic carbocycles. The molecular weight excluding hydrogens is 158 g/mol. The molecule has 0 bridgehead atoms. The Morgan fingerprint density at radius 1 is 1.23 bits per heavy atom. The summed E-state index contributed by atoms with van der Waals surface area (Å²) in [4.78, 5) is 0. The van der Waals surface area contributed by atoms with E-state index in [1.807, 2.05) is 12.1 Å². The van der Waals surface area contributed by atoms with Crippen LogP contribution in [0.4, 0.5) is 0 Å². The first-order valence-corrected chi connectivity index (χ1v) is 4.25. The highest BCUT2D eigenvalue weighted by Gasteiger charge is 2.02. The highest BCUT2D eigenvalue weighted by atomic mass is 14.2. The van der Waals surface area contributed by atoms with Crippen LogP contribution >= 0.6 is 0 Å². The Balaban J connectivity index is 3.24. The topological polar surface area (TPSA) is 23.8 Å². The van der Waals surface area contributed by atoms with Gasteiger partial charge in [-0.1, -0.05) is 26.5 Å². The van der Waals surface area contributed by atoms with Crippen molar-refractivity contribution in [3.63, 3.8) is 0 Å². The van der Waals surface area contributed by atoms with Gasteiger partial charge in [-0.15, -0.1) is 0 Å². The van der Waals surface area contributed by atoms with Gasteiger partial charge in [0.05, 0.1) is 11.6 Å². The molecule has 0 saturated carbocycles. The van der Waals surface area contributed by atoms with E-state index in [0.717, 1.165) is 11.1 Å². The van der Waals surface area contributed by atoms with E-state index < -0.39 is 0 Å². The van der Waals surface area contributed by atoms with Gasteiger partial charge in [0.25, 0.3) is 0 Å². The van der Waals surface area contributed by atoms with Crippen LogP contribution in [-0.2, 0) is 0 Å². The Kier molecular flexibility index (Phi) is 2.87. The van der Waals surface area contributed by atoms with Crippen molar-refractivity contribution in [2.45, 2.75) is 19.8 Å². The summed E-state index contributed by atoms with van der Waals surface area (Å²) >= 11 is 0. The van der Waals surface area contributed by atoms with Crippen molar-refractivity contribution in [3.8, 4) is 6.07 Å². The summed E-state index contributed by atoms with van der Waals surface area (Å²) in [5.74, 6) is 0.431. The van der Waals surface area contributed by atoms with Crippen LogP contribution in [-0.4, -0.2) is 0 Å². The van der Waals surface area contributed by atoms with Crippen molar-refractivity contribution in [2.24, 2.45) is 0 Å². The Morgan fingerprint density at radius 3 is 2.31 bits per heavy atom. The van der Waals surface area contributed by atoms with E-state index in [0.29, 0.717) is 11.5 Å². The van der Waals surface area contributed by atoms with Gasteiger partial charge in [-0.2, -0.15) is 5.26 Å². The second-order valence-corrected chi connectivity index (χ2v) is 3.29. The van der Waals surface area contributed by atoms with E-state index in [1.54, 1.807) is 6.07 Å². The molecule has 0 aliphatic heterocycles. The predicted octanol–water partition coefficient (Wildman–Crippen LogP) is 3.02. The maximum Gasteiger partial charge on any atom is 0.0991 e. The van der Waals surface area contributed by atoms with Crippen LogP contribution in [0.25, 0.3) is 0 Å². The van der Waals surface area contributed by atoms with Gasteiger partial charge < -0.3 is 0 Å². The zero-order valence-corrected chi connectivity index (χ0v) is 7.96. The number of rotatable bonds is 2. The number of hydrogen-bond donors (Lipinski definition) is 0. The lowest BCUT2D eigenvalue weighted by molar-refractivity contribution is 0.865. The highest BCUT2D eigenvalue weighted by Crippen LogP contribution is 2.18. The molecule has 1 aromatic rings. The molecule has 0 atom stereocenters. The summed E-state index contributed by atoms with van der Waals surface area (Å²) in [7, 11) is 0. The summed E-state index contributed by atoms with van der Waals surface area (Å²) < 4.78 is 0. The molecule has 0 fully saturated rings. The predicted molar refractivity (Wildman–Crippen MR) is 53.2 cm³/mol. The quantitative estimate of drug-likeness (QED) is 0.669.